The van der Waals surface area contributed by atoms with Crippen LogP contribution in [0.15, 0.2) is 4.52 Å². The summed E-state index contributed by atoms with van der Waals surface area (Å²) in [5.41, 5.74) is -0.541. The van der Waals surface area contributed by atoms with Crippen molar-refractivity contribution in [3.63, 3.8) is 0 Å². The van der Waals surface area contributed by atoms with Crippen molar-refractivity contribution in [2.75, 3.05) is 7.05 Å². The molecular weight excluding hydrogens is 344 g/mol. The predicted molar refractivity (Wildman–Crippen MR) is 103 cm³/mol. The Morgan fingerprint density at radius 1 is 1.19 bits per heavy atom. The second kappa shape index (κ2) is 9.85. The van der Waals surface area contributed by atoms with E-state index in [0.29, 0.717) is 24.6 Å². The third-order valence-corrected chi connectivity index (χ3v) is 5.70. The highest BCUT2D eigenvalue weighted by Gasteiger charge is 2.38. The minimum Gasteiger partial charge on any atom is -0.343 e. The number of aromatic nitrogens is 2. The molecule has 1 aliphatic carbocycles. The summed E-state index contributed by atoms with van der Waals surface area (Å²) < 4.78 is 5.43. The largest absolute Gasteiger partial charge is 0.343 e. The lowest BCUT2D eigenvalue weighted by Gasteiger charge is -2.30. The van der Waals surface area contributed by atoms with Gasteiger partial charge in [0.15, 0.2) is 5.82 Å². The zero-order chi connectivity index (χ0) is 19.9. The van der Waals surface area contributed by atoms with Crippen LogP contribution in [0.5, 0.6) is 0 Å². The molecular formula is C20H34N4O3. The van der Waals surface area contributed by atoms with E-state index in [-0.39, 0.29) is 17.9 Å². The van der Waals surface area contributed by atoms with Crippen molar-refractivity contribution in [3.05, 3.63) is 11.7 Å². The maximum absolute atomic E-state index is 12.4. The molecule has 0 spiro atoms. The lowest BCUT2D eigenvalue weighted by Crippen LogP contribution is -2.45. The van der Waals surface area contributed by atoms with E-state index in [1.807, 2.05) is 11.9 Å². The Bertz CT molecular complexity index is 616. The number of amides is 2. The number of aryl methyl sites for hydroxylation is 1. The van der Waals surface area contributed by atoms with Crippen molar-refractivity contribution >= 4 is 11.8 Å². The summed E-state index contributed by atoms with van der Waals surface area (Å²) >= 11 is 0. The Morgan fingerprint density at radius 3 is 2.37 bits per heavy atom. The topological polar surface area (TPSA) is 88.3 Å². The standard InChI is InChI=1S/C20H34N4O3/c1-5-16(6-2)24(4)18(26)12-11-17-21-19(23-27-17)20(22-15(3)25)13-9-7-8-10-14-20/h16H,5-14H2,1-4H3,(H,22,25). The van der Waals surface area contributed by atoms with Gasteiger partial charge in [-0.1, -0.05) is 44.7 Å². The van der Waals surface area contributed by atoms with E-state index in [0.717, 1.165) is 51.4 Å². The quantitative estimate of drug-likeness (QED) is 0.701. The van der Waals surface area contributed by atoms with Crippen molar-refractivity contribution in [1.82, 2.24) is 20.4 Å². The van der Waals surface area contributed by atoms with E-state index in [1.54, 1.807) is 0 Å². The molecule has 0 aromatic carbocycles. The van der Waals surface area contributed by atoms with Crippen molar-refractivity contribution in [1.29, 1.82) is 0 Å². The maximum Gasteiger partial charge on any atom is 0.227 e. The number of nitrogens with one attached hydrogen (secondary N) is 1. The van der Waals surface area contributed by atoms with Crippen LogP contribution >= 0.6 is 0 Å². The van der Waals surface area contributed by atoms with Crippen molar-refractivity contribution in [3.8, 4) is 0 Å². The number of carbonyl (C=O) groups excluding carboxylic acids is 2. The molecule has 27 heavy (non-hydrogen) atoms. The average molecular weight is 379 g/mol. The van der Waals surface area contributed by atoms with Crippen molar-refractivity contribution < 1.29 is 14.1 Å². The molecule has 0 bridgehead atoms. The Morgan fingerprint density at radius 2 is 1.81 bits per heavy atom. The Hall–Kier alpha value is -1.92. The fraction of sp³-hybridized carbons (Fsp3) is 0.800. The first kappa shape index (κ1) is 21.4. The van der Waals surface area contributed by atoms with Gasteiger partial charge in [0, 0.05) is 32.9 Å². The van der Waals surface area contributed by atoms with E-state index < -0.39 is 5.54 Å². The summed E-state index contributed by atoms with van der Waals surface area (Å²) in [4.78, 5) is 30.6. The zero-order valence-electron chi connectivity index (χ0n) is 17.2. The first-order chi connectivity index (χ1) is 12.9. The molecule has 1 saturated carbocycles. The van der Waals surface area contributed by atoms with Gasteiger partial charge in [-0.3, -0.25) is 9.59 Å². The highest BCUT2D eigenvalue weighted by molar-refractivity contribution is 5.76. The molecule has 0 aliphatic heterocycles. The minimum atomic E-state index is -0.541. The fourth-order valence-corrected chi connectivity index (χ4v) is 4.05. The van der Waals surface area contributed by atoms with Crippen LogP contribution in [0.3, 0.4) is 0 Å². The Labute approximate surface area is 162 Å². The van der Waals surface area contributed by atoms with Gasteiger partial charge in [0.2, 0.25) is 17.7 Å². The molecule has 0 atom stereocenters. The van der Waals surface area contributed by atoms with Crippen LogP contribution in [0.1, 0.15) is 90.3 Å². The molecule has 0 radical (unpaired) electrons. The number of carbonyl (C=O) groups is 2. The number of hydrogen-bond acceptors (Lipinski definition) is 5. The van der Waals surface area contributed by atoms with Crippen LogP contribution in [0, 0.1) is 0 Å². The Kier molecular flexibility index (Phi) is 7.80. The second-order valence-electron chi connectivity index (χ2n) is 7.66. The lowest BCUT2D eigenvalue weighted by atomic mass is 9.89. The van der Waals surface area contributed by atoms with Crippen LogP contribution in [0.2, 0.25) is 0 Å². The van der Waals surface area contributed by atoms with Crippen LogP contribution in [-0.4, -0.2) is 39.9 Å². The monoisotopic (exact) mass is 378 g/mol. The molecule has 1 aromatic heterocycles. The number of nitrogens with zero attached hydrogens (tertiary/aromatic N) is 3. The molecule has 1 aromatic rings. The van der Waals surface area contributed by atoms with Gasteiger partial charge in [-0.25, -0.2) is 0 Å². The summed E-state index contributed by atoms with van der Waals surface area (Å²) in [6.07, 6.45) is 8.68. The SMILES string of the molecule is CCC(CC)N(C)C(=O)CCc1nc(C2(NC(C)=O)CCCCCC2)no1. The van der Waals surface area contributed by atoms with Gasteiger partial charge in [0.05, 0.1) is 0 Å². The maximum atomic E-state index is 12.4. The minimum absolute atomic E-state index is 0.0785. The molecule has 1 aliphatic rings. The zero-order valence-corrected chi connectivity index (χ0v) is 17.2. The molecule has 2 amide bonds. The molecule has 152 valence electrons. The molecule has 7 heteroatoms. The first-order valence-corrected chi connectivity index (χ1v) is 10.3. The third-order valence-electron chi connectivity index (χ3n) is 5.70. The summed E-state index contributed by atoms with van der Waals surface area (Å²) in [6, 6.07) is 0.268. The molecule has 0 saturated heterocycles. The van der Waals surface area contributed by atoms with Crippen LogP contribution in [0.25, 0.3) is 0 Å². The fourth-order valence-electron chi connectivity index (χ4n) is 4.05. The molecule has 1 fully saturated rings. The van der Waals surface area contributed by atoms with E-state index in [9.17, 15) is 9.59 Å². The van der Waals surface area contributed by atoms with Gasteiger partial charge in [-0.05, 0) is 25.7 Å². The van der Waals surface area contributed by atoms with Crippen LogP contribution in [0.4, 0.5) is 0 Å². The van der Waals surface area contributed by atoms with Crippen molar-refractivity contribution in [2.24, 2.45) is 0 Å². The number of hydrogen-bond donors (Lipinski definition) is 1. The molecule has 7 nitrogen and oxygen atoms in total. The Balaban J connectivity index is 2.05. The predicted octanol–water partition coefficient (Wildman–Crippen LogP) is 3.33. The smallest absolute Gasteiger partial charge is 0.227 e. The van der Waals surface area contributed by atoms with Gasteiger partial charge in [-0.15, -0.1) is 0 Å². The highest BCUT2D eigenvalue weighted by atomic mass is 16.5. The summed E-state index contributed by atoms with van der Waals surface area (Å²) in [7, 11) is 1.86. The lowest BCUT2D eigenvalue weighted by molar-refractivity contribution is -0.132. The summed E-state index contributed by atoms with van der Waals surface area (Å²) in [5, 5.41) is 7.25. The van der Waals surface area contributed by atoms with E-state index in [2.05, 4.69) is 29.3 Å². The van der Waals surface area contributed by atoms with Gasteiger partial charge in [0.25, 0.3) is 0 Å². The summed E-state index contributed by atoms with van der Waals surface area (Å²) in [5.74, 6) is 1.03. The third kappa shape index (κ3) is 5.53. The van der Waals surface area contributed by atoms with Crippen molar-refractivity contribution in [2.45, 2.75) is 96.6 Å². The van der Waals surface area contributed by atoms with Crippen LogP contribution < -0.4 is 5.32 Å². The van der Waals surface area contributed by atoms with E-state index >= 15 is 0 Å². The van der Waals surface area contributed by atoms with Gasteiger partial charge in [0.1, 0.15) is 5.54 Å². The highest BCUT2D eigenvalue weighted by Crippen LogP contribution is 2.34. The first-order valence-electron chi connectivity index (χ1n) is 10.3. The van der Waals surface area contributed by atoms with Gasteiger partial charge in [-0.2, -0.15) is 4.98 Å². The van der Waals surface area contributed by atoms with Gasteiger partial charge < -0.3 is 14.7 Å². The normalized spacial score (nSPS) is 16.8. The van der Waals surface area contributed by atoms with E-state index in [1.165, 1.54) is 6.92 Å². The molecule has 1 N–H and O–H groups in total. The van der Waals surface area contributed by atoms with Gasteiger partial charge >= 0.3 is 0 Å². The average Bonchev–Trinajstić information content (AvgIpc) is 3.00. The second-order valence-corrected chi connectivity index (χ2v) is 7.66. The summed E-state index contributed by atoms with van der Waals surface area (Å²) in [6.45, 7) is 5.72. The van der Waals surface area contributed by atoms with Crippen LogP contribution in [-0.2, 0) is 21.5 Å². The molecule has 0 unspecified atom stereocenters. The number of rotatable bonds is 8. The molecule has 1 heterocycles. The molecule has 2 rings (SSSR count). The van der Waals surface area contributed by atoms with E-state index in [4.69, 9.17) is 4.52 Å².